The van der Waals surface area contributed by atoms with E-state index in [1.54, 1.807) is 6.92 Å². The Morgan fingerprint density at radius 2 is 1.89 bits per heavy atom. The SMILES string of the molecule is CC(O)c1noc(-c2cccc3ccccc23)n1. The lowest BCUT2D eigenvalue weighted by molar-refractivity contribution is 0.184. The van der Waals surface area contributed by atoms with Crippen molar-refractivity contribution in [1.29, 1.82) is 0 Å². The third-order valence-corrected chi connectivity index (χ3v) is 2.84. The highest BCUT2D eigenvalue weighted by Gasteiger charge is 2.14. The van der Waals surface area contributed by atoms with Crippen LogP contribution in [-0.2, 0) is 0 Å². The molecule has 0 aliphatic rings. The van der Waals surface area contributed by atoms with Crippen LogP contribution in [0.3, 0.4) is 0 Å². The van der Waals surface area contributed by atoms with Crippen molar-refractivity contribution in [2.45, 2.75) is 13.0 Å². The first kappa shape index (κ1) is 10.9. The Morgan fingerprint density at radius 3 is 2.67 bits per heavy atom. The zero-order valence-corrected chi connectivity index (χ0v) is 9.87. The van der Waals surface area contributed by atoms with Crippen molar-refractivity contribution in [3.8, 4) is 11.5 Å². The smallest absolute Gasteiger partial charge is 0.258 e. The Kier molecular flexibility index (Phi) is 2.57. The summed E-state index contributed by atoms with van der Waals surface area (Å²) in [5, 5.41) is 15.3. The molecule has 1 N–H and O–H groups in total. The number of fused-ring (bicyclic) bond motifs is 1. The summed E-state index contributed by atoms with van der Waals surface area (Å²) in [6.45, 7) is 1.61. The van der Waals surface area contributed by atoms with Crippen molar-refractivity contribution in [1.82, 2.24) is 10.1 Å². The van der Waals surface area contributed by atoms with Crippen LogP contribution in [0.15, 0.2) is 47.0 Å². The van der Waals surface area contributed by atoms with Crippen LogP contribution in [0.5, 0.6) is 0 Å². The normalized spacial score (nSPS) is 12.8. The highest BCUT2D eigenvalue weighted by atomic mass is 16.5. The predicted molar refractivity (Wildman–Crippen MR) is 67.9 cm³/mol. The lowest BCUT2D eigenvalue weighted by Crippen LogP contribution is -1.93. The van der Waals surface area contributed by atoms with Gasteiger partial charge >= 0.3 is 0 Å². The standard InChI is InChI=1S/C14H12N2O2/c1-9(17)13-15-14(18-16-13)12-8-4-6-10-5-2-3-7-11(10)12/h2-9,17H,1H3. The molecule has 3 aromatic rings. The summed E-state index contributed by atoms with van der Waals surface area (Å²) in [5.74, 6) is 0.737. The summed E-state index contributed by atoms with van der Waals surface area (Å²) in [6, 6.07) is 13.9. The molecule has 0 saturated heterocycles. The first-order chi connectivity index (χ1) is 8.75. The maximum Gasteiger partial charge on any atom is 0.258 e. The summed E-state index contributed by atoms with van der Waals surface area (Å²) < 4.78 is 5.20. The largest absolute Gasteiger partial charge is 0.385 e. The fraction of sp³-hybridized carbons (Fsp3) is 0.143. The number of aliphatic hydroxyl groups is 1. The van der Waals surface area contributed by atoms with E-state index in [1.165, 1.54) is 0 Å². The van der Waals surface area contributed by atoms with E-state index in [2.05, 4.69) is 10.1 Å². The van der Waals surface area contributed by atoms with Crippen molar-refractivity contribution < 1.29 is 9.63 Å². The molecule has 1 atom stereocenters. The first-order valence-corrected chi connectivity index (χ1v) is 5.75. The van der Waals surface area contributed by atoms with Gasteiger partial charge in [0.1, 0.15) is 6.10 Å². The third kappa shape index (κ3) is 1.76. The van der Waals surface area contributed by atoms with E-state index in [4.69, 9.17) is 4.52 Å². The minimum atomic E-state index is -0.725. The summed E-state index contributed by atoms with van der Waals surface area (Å²) in [5.41, 5.74) is 0.882. The molecule has 4 heteroatoms. The van der Waals surface area contributed by atoms with E-state index in [9.17, 15) is 5.11 Å². The quantitative estimate of drug-likeness (QED) is 0.748. The van der Waals surface area contributed by atoms with E-state index < -0.39 is 6.10 Å². The maximum absolute atomic E-state index is 9.41. The highest BCUT2D eigenvalue weighted by Crippen LogP contribution is 2.27. The number of hydrogen-bond donors (Lipinski definition) is 1. The van der Waals surface area contributed by atoms with Crippen LogP contribution in [-0.4, -0.2) is 15.2 Å². The number of nitrogens with zero attached hydrogens (tertiary/aromatic N) is 2. The van der Waals surface area contributed by atoms with Crippen LogP contribution in [0, 0.1) is 0 Å². The van der Waals surface area contributed by atoms with Gasteiger partial charge in [-0.2, -0.15) is 4.98 Å². The summed E-state index contributed by atoms with van der Waals surface area (Å²) in [7, 11) is 0. The van der Waals surface area contributed by atoms with E-state index in [-0.39, 0.29) is 0 Å². The minimum absolute atomic E-state index is 0.304. The topological polar surface area (TPSA) is 59.2 Å². The van der Waals surface area contributed by atoms with Crippen LogP contribution >= 0.6 is 0 Å². The summed E-state index contributed by atoms with van der Waals surface area (Å²) >= 11 is 0. The van der Waals surface area contributed by atoms with E-state index in [0.29, 0.717) is 11.7 Å². The third-order valence-electron chi connectivity index (χ3n) is 2.84. The van der Waals surface area contributed by atoms with Crippen molar-refractivity contribution in [2.24, 2.45) is 0 Å². The monoisotopic (exact) mass is 240 g/mol. The van der Waals surface area contributed by atoms with Gasteiger partial charge in [0.05, 0.1) is 0 Å². The van der Waals surface area contributed by atoms with Crippen molar-refractivity contribution in [3.05, 3.63) is 48.3 Å². The number of aliphatic hydroxyl groups excluding tert-OH is 1. The van der Waals surface area contributed by atoms with Crippen molar-refractivity contribution in [2.75, 3.05) is 0 Å². The Labute approximate surface area is 104 Å². The lowest BCUT2D eigenvalue weighted by Gasteiger charge is -2.01. The Bertz CT molecular complexity index is 684. The average Bonchev–Trinajstić information content (AvgIpc) is 2.87. The molecule has 0 aliphatic heterocycles. The minimum Gasteiger partial charge on any atom is -0.385 e. The van der Waals surface area contributed by atoms with Crippen LogP contribution in [0.1, 0.15) is 18.9 Å². The number of rotatable bonds is 2. The second kappa shape index (κ2) is 4.23. The number of aromatic nitrogens is 2. The van der Waals surface area contributed by atoms with Crippen LogP contribution in [0.25, 0.3) is 22.2 Å². The molecular formula is C14H12N2O2. The van der Waals surface area contributed by atoms with Crippen molar-refractivity contribution in [3.63, 3.8) is 0 Å². The Balaban J connectivity index is 2.18. The fourth-order valence-corrected chi connectivity index (χ4v) is 1.93. The van der Waals surface area contributed by atoms with E-state index in [0.717, 1.165) is 16.3 Å². The zero-order valence-electron chi connectivity index (χ0n) is 9.87. The van der Waals surface area contributed by atoms with Crippen molar-refractivity contribution >= 4 is 10.8 Å². The zero-order chi connectivity index (χ0) is 12.5. The Morgan fingerprint density at radius 1 is 1.11 bits per heavy atom. The molecule has 90 valence electrons. The number of hydrogen-bond acceptors (Lipinski definition) is 4. The molecule has 0 bridgehead atoms. The molecule has 0 aliphatic carbocycles. The molecule has 18 heavy (non-hydrogen) atoms. The van der Waals surface area contributed by atoms with Gasteiger partial charge in [-0.25, -0.2) is 0 Å². The van der Waals surface area contributed by atoms with Crippen LogP contribution in [0.4, 0.5) is 0 Å². The van der Waals surface area contributed by atoms with Gasteiger partial charge in [-0.05, 0) is 23.8 Å². The van der Waals surface area contributed by atoms with Gasteiger partial charge in [-0.15, -0.1) is 0 Å². The second-order valence-corrected chi connectivity index (χ2v) is 4.16. The molecule has 1 unspecified atom stereocenters. The Hall–Kier alpha value is -2.20. The van der Waals surface area contributed by atoms with Gasteiger partial charge in [0.25, 0.3) is 5.89 Å². The summed E-state index contributed by atoms with van der Waals surface area (Å²) in [4.78, 5) is 4.20. The van der Waals surface area contributed by atoms with Gasteiger partial charge in [0.15, 0.2) is 5.82 Å². The molecule has 1 heterocycles. The molecule has 0 amide bonds. The highest BCUT2D eigenvalue weighted by molar-refractivity contribution is 5.94. The molecule has 4 nitrogen and oxygen atoms in total. The van der Waals surface area contributed by atoms with E-state index >= 15 is 0 Å². The molecule has 0 radical (unpaired) electrons. The average molecular weight is 240 g/mol. The molecule has 2 aromatic carbocycles. The van der Waals surface area contributed by atoms with Gasteiger partial charge in [-0.1, -0.05) is 41.6 Å². The lowest BCUT2D eigenvalue weighted by atomic mass is 10.0. The fourth-order valence-electron chi connectivity index (χ4n) is 1.93. The molecular weight excluding hydrogens is 228 g/mol. The second-order valence-electron chi connectivity index (χ2n) is 4.16. The molecule has 0 spiro atoms. The van der Waals surface area contributed by atoms with Gasteiger partial charge in [-0.3, -0.25) is 0 Å². The maximum atomic E-state index is 9.41. The first-order valence-electron chi connectivity index (χ1n) is 5.75. The van der Waals surface area contributed by atoms with E-state index in [1.807, 2.05) is 42.5 Å². The van der Waals surface area contributed by atoms with Gasteiger partial charge in [0.2, 0.25) is 0 Å². The van der Waals surface area contributed by atoms with Crippen LogP contribution in [0.2, 0.25) is 0 Å². The molecule has 0 fully saturated rings. The summed E-state index contributed by atoms with van der Waals surface area (Å²) in [6.07, 6.45) is -0.725. The van der Waals surface area contributed by atoms with Gasteiger partial charge < -0.3 is 9.63 Å². The predicted octanol–water partition coefficient (Wildman–Crippen LogP) is 2.94. The molecule has 1 aromatic heterocycles. The van der Waals surface area contributed by atoms with Crippen LogP contribution < -0.4 is 0 Å². The number of benzene rings is 2. The molecule has 3 rings (SSSR count). The van der Waals surface area contributed by atoms with Gasteiger partial charge in [0, 0.05) is 5.56 Å². The molecule has 0 saturated carbocycles.